The second-order valence-corrected chi connectivity index (χ2v) is 4.17. The van der Waals surface area contributed by atoms with Gasteiger partial charge in [0.2, 0.25) is 0 Å². The summed E-state index contributed by atoms with van der Waals surface area (Å²) in [5.74, 6) is 1.02. The van der Waals surface area contributed by atoms with E-state index in [0.29, 0.717) is 0 Å². The van der Waals surface area contributed by atoms with Crippen LogP contribution in [-0.4, -0.2) is 15.7 Å². The maximum Gasteiger partial charge on any atom is 0.112 e. The second kappa shape index (κ2) is 2.69. The molecular weight excluding hydrogens is 194 g/mol. The van der Waals surface area contributed by atoms with Crippen molar-refractivity contribution >= 4 is 46.2 Å². The van der Waals surface area contributed by atoms with Gasteiger partial charge in [-0.15, -0.1) is 11.8 Å². The summed E-state index contributed by atoms with van der Waals surface area (Å²) in [6, 6.07) is 0. The highest BCUT2D eigenvalue weighted by Crippen LogP contribution is 2.33. The van der Waals surface area contributed by atoms with Crippen molar-refractivity contribution in [3.8, 4) is 0 Å². The molecule has 0 bridgehead atoms. The van der Waals surface area contributed by atoms with Crippen LogP contribution in [-0.2, 0) is 0 Å². The molecule has 0 unspecified atom stereocenters. The summed E-state index contributed by atoms with van der Waals surface area (Å²) in [5, 5.41) is 2.96. The largest absolute Gasteiger partial charge is 0.337 e. The third-order valence-corrected chi connectivity index (χ3v) is 3.06. The van der Waals surface area contributed by atoms with Gasteiger partial charge in [0.25, 0.3) is 0 Å². The van der Waals surface area contributed by atoms with E-state index in [2.05, 4.69) is 11.4 Å². The first kappa shape index (κ1) is 7.46. The Labute approximate surface area is 79.9 Å². The second-order valence-electron chi connectivity index (χ2n) is 2.26. The minimum Gasteiger partial charge on any atom is -0.337 e. The van der Waals surface area contributed by atoms with Gasteiger partial charge < -0.3 is 5.32 Å². The molecule has 0 amide bonds. The van der Waals surface area contributed by atoms with E-state index in [1.165, 1.54) is 4.91 Å². The van der Waals surface area contributed by atoms with E-state index in [1.807, 2.05) is 6.08 Å². The van der Waals surface area contributed by atoms with Gasteiger partial charge in [0.1, 0.15) is 9.98 Å². The Morgan fingerprint density at radius 1 is 1.45 bits per heavy atom. The van der Waals surface area contributed by atoms with Gasteiger partial charge >= 0.3 is 0 Å². The molecule has 0 radical (unpaired) electrons. The third-order valence-electron chi connectivity index (χ3n) is 1.54. The maximum atomic E-state index is 5.10. The highest BCUT2D eigenvalue weighted by molar-refractivity contribution is 8.04. The zero-order valence-corrected chi connectivity index (χ0v) is 8.04. The molecule has 0 saturated heterocycles. The van der Waals surface area contributed by atoms with E-state index in [-0.39, 0.29) is 0 Å². The summed E-state index contributed by atoms with van der Waals surface area (Å²) in [5.41, 5.74) is 1.15. The molecule has 2 aliphatic rings. The van der Waals surface area contributed by atoms with E-state index in [9.17, 15) is 0 Å². The van der Waals surface area contributed by atoms with Gasteiger partial charge in [-0.3, -0.25) is 0 Å². The Kier molecular flexibility index (Phi) is 1.83. The van der Waals surface area contributed by atoms with Crippen LogP contribution in [0, 0.1) is 0 Å². The molecule has 2 aliphatic heterocycles. The summed E-state index contributed by atoms with van der Waals surface area (Å²) in [4.78, 5) is 2.73. The molecule has 0 fully saturated rings. The minimum absolute atomic E-state index is 0.733. The predicted octanol–water partition coefficient (Wildman–Crippen LogP) is 1.80. The van der Waals surface area contributed by atoms with Crippen molar-refractivity contribution in [2.75, 3.05) is 5.75 Å². The van der Waals surface area contributed by atoms with Gasteiger partial charge in [0.05, 0.1) is 0 Å². The maximum absolute atomic E-state index is 5.10. The molecule has 0 spiro atoms. The van der Waals surface area contributed by atoms with Crippen molar-refractivity contribution in [3.63, 3.8) is 0 Å². The molecule has 0 aromatic rings. The molecule has 1 nitrogen and oxygen atoms in total. The normalized spacial score (nSPS) is 22.2. The lowest BCUT2D eigenvalue weighted by Crippen LogP contribution is -2.31. The van der Waals surface area contributed by atoms with Gasteiger partial charge in [0.15, 0.2) is 0 Å². The third kappa shape index (κ3) is 1.26. The number of nitrogens with one attached hydrogen (secondary N) is 1. The van der Waals surface area contributed by atoms with Gasteiger partial charge in [-0.1, -0.05) is 30.5 Å². The fourth-order valence-corrected chi connectivity index (χ4v) is 2.75. The number of thiocarbonyl (C=S) groups is 2. The SMILES string of the molecule is S=C1C=C2SCC=C2C(=S)N1. The molecule has 1 N–H and O–H groups in total. The van der Waals surface area contributed by atoms with Gasteiger partial charge in [-0.2, -0.15) is 0 Å². The molecule has 0 aromatic heterocycles. The number of fused-ring (bicyclic) bond motifs is 1. The monoisotopic (exact) mass is 199 g/mol. The number of hydrogen-bond acceptors (Lipinski definition) is 3. The highest BCUT2D eigenvalue weighted by atomic mass is 32.2. The number of thioether (sulfide) groups is 1. The van der Waals surface area contributed by atoms with Crippen molar-refractivity contribution in [3.05, 3.63) is 22.6 Å². The van der Waals surface area contributed by atoms with E-state index >= 15 is 0 Å². The first-order valence-electron chi connectivity index (χ1n) is 3.18. The standard InChI is InChI=1S/C7H5NS3/c9-6-3-5-4(1-2-11-5)7(10)8-6/h1,3H,2H2,(H,8,9,10). The van der Waals surface area contributed by atoms with E-state index < -0.39 is 0 Å². The van der Waals surface area contributed by atoms with Gasteiger partial charge in [0, 0.05) is 16.2 Å². The lowest BCUT2D eigenvalue weighted by atomic mass is 10.2. The predicted molar refractivity (Wildman–Crippen MR) is 57.0 cm³/mol. The Hall–Kier alpha value is -0.190. The Balaban J connectivity index is 2.47. The van der Waals surface area contributed by atoms with Crippen LogP contribution in [0.4, 0.5) is 0 Å². The zero-order valence-electron chi connectivity index (χ0n) is 5.59. The molecule has 2 rings (SSSR count). The van der Waals surface area contributed by atoms with Gasteiger partial charge in [-0.05, 0) is 6.08 Å². The van der Waals surface area contributed by atoms with Crippen LogP contribution in [0.3, 0.4) is 0 Å². The Morgan fingerprint density at radius 3 is 3.09 bits per heavy atom. The van der Waals surface area contributed by atoms with Crippen molar-refractivity contribution in [1.29, 1.82) is 0 Å². The van der Waals surface area contributed by atoms with Crippen LogP contribution >= 0.6 is 36.2 Å². The van der Waals surface area contributed by atoms with Crippen LogP contribution in [0.1, 0.15) is 0 Å². The summed E-state index contributed by atoms with van der Waals surface area (Å²) in [6.07, 6.45) is 4.10. The molecule has 0 aromatic carbocycles. The van der Waals surface area contributed by atoms with Crippen molar-refractivity contribution in [2.45, 2.75) is 0 Å². The minimum atomic E-state index is 0.733. The average Bonchev–Trinajstić information content (AvgIpc) is 2.34. The first-order valence-corrected chi connectivity index (χ1v) is 4.98. The average molecular weight is 199 g/mol. The Morgan fingerprint density at radius 2 is 2.27 bits per heavy atom. The molecule has 56 valence electrons. The quantitative estimate of drug-likeness (QED) is 0.597. The van der Waals surface area contributed by atoms with Crippen LogP contribution in [0.15, 0.2) is 22.6 Å². The zero-order chi connectivity index (χ0) is 7.84. The summed E-state index contributed by atoms with van der Waals surface area (Å²) >= 11 is 11.9. The molecule has 4 heteroatoms. The number of hydrogen-bond donors (Lipinski definition) is 1. The molecule has 11 heavy (non-hydrogen) atoms. The van der Waals surface area contributed by atoms with Crippen molar-refractivity contribution < 1.29 is 0 Å². The highest BCUT2D eigenvalue weighted by Gasteiger charge is 2.21. The van der Waals surface area contributed by atoms with Crippen LogP contribution in [0.25, 0.3) is 0 Å². The Bertz CT molecular complexity index is 301. The topological polar surface area (TPSA) is 12.0 Å². The molecule has 2 heterocycles. The molecule has 0 atom stereocenters. The van der Waals surface area contributed by atoms with Crippen LogP contribution in [0.2, 0.25) is 0 Å². The lowest BCUT2D eigenvalue weighted by molar-refractivity contribution is 1.42. The van der Waals surface area contributed by atoms with Crippen LogP contribution < -0.4 is 5.32 Å². The summed E-state index contributed by atoms with van der Waals surface area (Å²) in [7, 11) is 0. The van der Waals surface area contributed by atoms with Crippen LogP contribution in [0.5, 0.6) is 0 Å². The van der Waals surface area contributed by atoms with Crippen molar-refractivity contribution in [2.24, 2.45) is 0 Å². The van der Waals surface area contributed by atoms with E-state index in [1.54, 1.807) is 11.8 Å². The molecule has 0 aliphatic carbocycles. The molecule has 0 saturated carbocycles. The fraction of sp³-hybridized carbons (Fsp3) is 0.143. The number of rotatable bonds is 0. The summed E-state index contributed by atoms with van der Waals surface area (Å²) < 4.78 is 0. The fourth-order valence-electron chi connectivity index (χ4n) is 1.05. The smallest absolute Gasteiger partial charge is 0.112 e. The van der Waals surface area contributed by atoms with Crippen molar-refractivity contribution in [1.82, 2.24) is 5.32 Å². The summed E-state index contributed by atoms with van der Waals surface area (Å²) in [6.45, 7) is 0. The van der Waals surface area contributed by atoms with Gasteiger partial charge in [-0.25, -0.2) is 0 Å². The van der Waals surface area contributed by atoms with E-state index in [4.69, 9.17) is 24.4 Å². The first-order chi connectivity index (χ1) is 5.27. The van der Waals surface area contributed by atoms with E-state index in [0.717, 1.165) is 21.3 Å². The lowest BCUT2D eigenvalue weighted by Gasteiger charge is -2.14. The molecular formula is C7H5NS3.